The molecule has 1 N–H and O–H groups in total. The van der Waals surface area contributed by atoms with Crippen molar-refractivity contribution in [1.82, 2.24) is 19.8 Å². The summed E-state index contributed by atoms with van der Waals surface area (Å²) < 4.78 is 2.12. The molecule has 0 bridgehead atoms. The Morgan fingerprint density at radius 2 is 2.50 bits per heavy atom. The quantitative estimate of drug-likeness (QED) is 0.777. The molecule has 5 nitrogen and oxygen atoms in total. The number of rotatable bonds is 3. The Morgan fingerprint density at radius 1 is 1.62 bits per heavy atom. The summed E-state index contributed by atoms with van der Waals surface area (Å²) in [5, 5.41) is 12.3. The first-order valence-corrected chi connectivity index (χ1v) is 5.63. The summed E-state index contributed by atoms with van der Waals surface area (Å²) in [5.41, 5.74) is 0. The van der Waals surface area contributed by atoms with Crippen LogP contribution in [0.3, 0.4) is 0 Å². The van der Waals surface area contributed by atoms with E-state index < -0.39 is 0 Å². The first kappa shape index (κ1) is 11.1. The van der Waals surface area contributed by atoms with Gasteiger partial charge in [0, 0.05) is 45.1 Å². The molecule has 1 unspecified atom stereocenters. The minimum Gasteiger partial charge on any atom is -0.334 e. The van der Waals surface area contributed by atoms with E-state index in [0.717, 1.165) is 38.5 Å². The maximum atomic E-state index is 9.02. The predicted molar refractivity (Wildman–Crippen MR) is 60.8 cm³/mol. The maximum absolute atomic E-state index is 9.02. The van der Waals surface area contributed by atoms with Crippen LogP contribution in [0.2, 0.25) is 0 Å². The fourth-order valence-corrected chi connectivity index (χ4v) is 2.02. The van der Waals surface area contributed by atoms with Gasteiger partial charge in [0.25, 0.3) is 0 Å². The summed E-state index contributed by atoms with van der Waals surface area (Å²) in [4.78, 5) is 6.42. The van der Waals surface area contributed by atoms with Crippen molar-refractivity contribution < 1.29 is 0 Å². The molecular formula is C11H17N5. The van der Waals surface area contributed by atoms with Crippen LogP contribution in [0.15, 0.2) is 12.4 Å². The highest BCUT2D eigenvalue weighted by Crippen LogP contribution is 2.03. The molecule has 1 fully saturated rings. The number of imidazole rings is 1. The zero-order valence-corrected chi connectivity index (χ0v) is 9.56. The Kier molecular flexibility index (Phi) is 3.54. The van der Waals surface area contributed by atoms with Gasteiger partial charge in [-0.25, -0.2) is 4.98 Å². The van der Waals surface area contributed by atoms with Gasteiger partial charge in [0.05, 0.1) is 6.07 Å². The topological polar surface area (TPSA) is 56.9 Å². The lowest BCUT2D eigenvalue weighted by molar-refractivity contribution is 0.190. The molecule has 0 spiro atoms. The van der Waals surface area contributed by atoms with E-state index in [2.05, 4.69) is 25.8 Å². The van der Waals surface area contributed by atoms with Crippen molar-refractivity contribution in [2.75, 3.05) is 26.2 Å². The Balaban J connectivity index is 1.89. The molecule has 1 aliphatic heterocycles. The molecule has 16 heavy (non-hydrogen) atoms. The van der Waals surface area contributed by atoms with E-state index in [1.54, 1.807) is 0 Å². The van der Waals surface area contributed by atoms with E-state index in [1.165, 1.54) is 0 Å². The largest absolute Gasteiger partial charge is 0.334 e. The second kappa shape index (κ2) is 5.10. The number of hydrogen-bond acceptors (Lipinski definition) is 4. The van der Waals surface area contributed by atoms with Crippen LogP contribution in [0.25, 0.3) is 0 Å². The zero-order valence-electron chi connectivity index (χ0n) is 9.56. The van der Waals surface area contributed by atoms with Crippen molar-refractivity contribution in [3.8, 4) is 6.07 Å². The van der Waals surface area contributed by atoms with Gasteiger partial charge in [-0.1, -0.05) is 0 Å². The molecule has 0 radical (unpaired) electrons. The van der Waals surface area contributed by atoms with Gasteiger partial charge in [0.15, 0.2) is 0 Å². The monoisotopic (exact) mass is 219 g/mol. The third kappa shape index (κ3) is 2.40. The molecule has 1 aliphatic rings. The highest BCUT2D eigenvalue weighted by Gasteiger charge is 2.20. The van der Waals surface area contributed by atoms with Gasteiger partial charge >= 0.3 is 0 Å². The highest BCUT2D eigenvalue weighted by atomic mass is 15.2. The number of hydrogen-bond donors (Lipinski definition) is 1. The van der Waals surface area contributed by atoms with Crippen LogP contribution in [-0.4, -0.2) is 46.7 Å². The predicted octanol–water partition coefficient (Wildman–Crippen LogP) is -0.0111. The number of aryl methyl sites for hydroxylation is 1. The van der Waals surface area contributed by atoms with Crippen LogP contribution in [0.1, 0.15) is 5.82 Å². The van der Waals surface area contributed by atoms with E-state index in [4.69, 9.17) is 5.26 Å². The minimum absolute atomic E-state index is 0.0116. The Labute approximate surface area is 95.7 Å². The zero-order chi connectivity index (χ0) is 11.4. The smallest absolute Gasteiger partial charge is 0.110 e. The van der Waals surface area contributed by atoms with E-state index in [-0.39, 0.29) is 6.04 Å². The average molecular weight is 219 g/mol. The van der Waals surface area contributed by atoms with Crippen molar-refractivity contribution in [1.29, 1.82) is 5.26 Å². The second-order valence-corrected chi connectivity index (χ2v) is 4.05. The first-order chi connectivity index (χ1) is 7.81. The van der Waals surface area contributed by atoms with Crippen LogP contribution in [0.4, 0.5) is 0 Å². The molecule has 0 aromatic carbocycles. The van der Waals surface area contributed by atoms with Crippen molar-refractivity contribution in [3.05, 3.63) is 18.2 Å². The molecular weight excluding hydrogens is 202 g/mol. The molecule has 86 valence electrons. The summed E-state index contributed by atoms with van der Waals surface area (Å²) >= 11 is 0. The summed E-state index contributed by atoms with van der Waals surface area (Å²) in [5.74, 6) is 1.03. The number of nitrogens with zero attached hydrogens (tertiary/aromatic N) is 4. The van der Waals surface area contributed by atoms with Gasteiger partial charge in [0.2, 0.25) is 0 Å². The summed E-state index contributed by atoms with van der Waals surface area (Å²) in [7, 11) is 0. The first-order valence-electron chi connectivity index (χ1n) is 5.63. The molecule has 0 aliphatic carbocycles. The van der Waals surface area contributed by atoms with E-state index in [9.17, 15) is 0 Å². The van der Waals surface area contributed by atoms with Crippen LogP contribution < -0.4 is 5.32 Å². The third-order valence-corrected chi connectivity index (χ3v) is 3.06. The fraction of sp³-hybridized carbons (Fsp3) is 0.636. The molecule has 1 aromatic heterocycles. The van der Waals surface area contributed by atoms with Gasteiger partial charge in [-0.2, -0.15) is 5.26 Å². The average Bonchev–Trinajstić information content (AvgIpc) is 2.72. The highest BCUT2D eigenvalue weighted by molar-refractivity contribution is 4.96. The fourth-order valence-electron chi connectivity index (χ4n) is 2.02. The van der Waals surface area contributed by atoms with Crippen LogP contribution in [0, 0.1) is 18.3 Å². The molecule has 2 heterocycles. The Hall–Kier alpha value is -1.38. The number of aromatic nitrogens is 2. The van der Waals surface area contributed by atoms with E-state index >= 15 is 0 Å². The Bertz CT molecular complexity index is 378. The van der Waals surface area contributed by atoms with E-state index in [0.29, 0.717) is 0 Å². The SMILES string of the molecule is Cc1nccn1CCN1CCNCC1C#N. The second-order valence-electron chi connectivity index (χ2n) is 4.05. The lowest BCUT2D eigenvalue weighted by Crippen LogP contribution is -2.51. The molecule has 1 atom stereocenters. The van der Waals surface area contributed by atoms with Crippen LogP contribution >= 0.6 is 0 Å². The van der Waals surface area contributed by atoms with Gasteiger partial charge < -0.3 is 9.88 Å². The molecule has 1 aromatic rings. The minimum atomic E-state index is 0.0116. The standard InChI is InChI=1S/C11H17N5/c1-10-14-3-5-15(10)6-7-16-4-2-13-9-11(16)8-12/h3,5,11,13H,2,4,6-7,9H2,1H3. The van der Waals surface area contributed by atoms with Crippen molar-refractivity contribution in [3.63, 3.8) is 0 Å². The van der Waals surface area contributed by atoms with Crippen molar-refractivity contribution in [2.24, 2.45) is 0 Å². The normalized spacial score (nSPS) is 21.9. The molecule has 2 rings (SSSR count). The summed E-state index contributed by atoms with van der Waals surface area (Å²) in [6, 6.07) is 2.35. The van der Waals surface area contributed by atoms with E-state index in [1.807, 2.05) is 19.3 Å². The molecule has 0 saturated carbocycles. The van der Waals surface area contributed by atoms with Gasteiger partial charge in [-0.05, 0) is 6.92 Å². The Morgan fingerprint density at radius 3 is 3.19 bits per heavy atom. The van der Waals surface area contributed by atoms with Gasteiger partial charge in [0.1, 0.15) is 11.9 Å². The van der Waals surface area contributed by atoms with Crippen molar-refractivity contribution in [2.45, 2.75) is 19.5 Å². The maximum Gasteiger partial charge on any atom is 0.110 e. The number of piperazine rings is 1. The molecule has 0 amide bonds. The van der Waals surface area contributed by atoms with Gasteiger partial charge in [-0.15, -0.1) is 0 Å². The number of nitriles is 1. The van der Waals surface area contributed by atoms with Crippen LogP contribution in [-0.2, 0) is 6.54 Å². The molecule has 1 saturated heterocycles. The number of nitrogens with one attached hydrogen (secondary N) is 1. The summed E-state index contributed by atoms with van der Waals surface area (Å²) in [6.45, 7) is 6.52. The summed E-state index contributed by atoms with van der Waals surface area (Å²) in [6.07, 6.45) is 3.80. The van der Waals surface area contributed by atoms with Gasteiger partial charge in [-0.3, -0.25) is 4.90 Å². The lowest BCUT2D eigenvalue weighted by Gasteiger charge is -2.31. The van der Waals surface area contributed by atoms with Crippen LogP contribution in [0.5, 0.6) is 0 Å². The van der Waals surface area contributed by atoms with Crippen molar-refractivity contribution >= 4 is 0 Å². The third-order valence-electron chi connectivity index (χ3n) is 3.06. The molecule has 5 heteroatoms. The lowest BCUT2D eigenvalue weighted by atomic mass is 10.2.